The van der Waals surface area contributed by atoms with Crippen LogP contribution in [0.2, 0.25) is 5.02 Å². The number of ether oxygens (including phenoxy) is 1. The summed E-state index contributed by atoms with van der Waals surface area (Å²) in [7, 11) is 3.32. The van der Waals surface area contributed by atoms with Crippen molar-refractivity contribution in [2.75, 3.05) is 32.1 Å². The minimum atomic E-state index is -0.560. The molecule has 9 heteroatoms. The summed E-state index contributed by atoms with van der Waals surface area (Å²) in [4.78, 5) is 38.1. The summed E-state index contributed by atoms with van der Waals surface area (Å²) in [5, 5.41) is 0.528. The van der Waals surface area contributed by atoms with Crippen molar-refractivity contribution < 1.29 is 14.3 Å². The molecular weight excluding hydrogens is 418 g/mol. The first-order chi connectivity index (χ1) is 15.0. The topological polar surface area (TPSA) is 68.7 Å². The number of likely N-dealkylation sites (N-methyl/N-ethyl adjacent to an activating group) is 1. The van der Waals surface area contributed by atoms with Crippen LogP contribution >= 0.6 is 11.6 Å². The Kier molecular flexibility index (Phi) is 4.74. The highest BCUT2D eigenvalue weighted by molar-refractivity contribution is 6.31. The Morgan fingerprint density at radius 1 is 1.10 bits per heavy atom. The Labute approximate surface area is 185 Å². The largest absolute Gasteiger partial charge is 0.495 e. The molecule has 0 aromatic heterocycles. The van der Waals surface area contributed by atoms with Gasteiger partial charge in [-0.25, -0.2) is 9.79 Å². The van der Waals surface area contributed by atoms with Crippen LogP contribution in [0.15, 0.2) is 53.5 Å². The van der Waals surface area contributed by atoms with Crippen molar-refractivity contribution in [3.63, 3.8) is 0 Å². The van der Waals surface area contributed by atoms with Crippen molar-refractivity contribution in [2.24, 2.45) is 4.99 Å². The molecule has 2 aromatic carbocycles. The summed E-state index contributed by atoms with van der Waals surface area (Å²) in [6, 6.07) is 14.0. The molecular formula is C22H22ClN5O3. The molecule has 0 bridgehead atoms. The number of hydrogen-bond acceptors (Lipinski definition) is 6. The third kappa shape index (κ3) is 3.01. The molecule has 2 aromatic rings. The average molecular weight is 440 g/mol. The molecule has 31 heavy (non-hydrogen) atoms. The molecule has 160 valence electrons. The number of benzene rings is 2. The fraction of sp³-hybridized carbons (Fsp3) is 0.318. The van der Waals surface area contributed by atoms with Gasteiger partial charge in [-0.1, -0.05) is 41.9 Å². The third-order valence-electron chi connectivity index (χ3n) is 6.04. The van der Waals surface area contributed by atoms with Crippen molar-refractivity contribution in [3.8, 4) is 5.75 Å². The van der Waals surface area contributed by atoms with E-state index in [-0.39, 0.29) is 18.5 Å². The third-order valence-corrected chi connectivity index (χ3v) is 6.41. The van der Waals surface area contributed by atoms with Gasteiger partial charge in [0.15, 0.2) is 12.2 Å². The molecule has 2 atom stereocenters. The lowest BCUT2D eigenvalue weighted by Gasteiger charge is -2.40. The van der Waals surface area contributed by atoms with E-state index < -0.39 is 12.2 Å². The predicted molar refractivity (Wildman–Crippen MR) is 117 cm³/mol. The highest BCUT2D eigenvalue weighted by Gasteiger charge is 2.54. The lowest BCUT2D eigenvalue weighted by Crippen LogP contribution is -2.64. The molecule has 3 aliphatic heterocycles. The molecule has 2 fully saturated rings. The van der Waals surface area contributed by atoms with Crippen LogP contribution in [0.1, 0.15) is 5.56 Å². The highest BCUT2D eigenvalue weighted by Crippen LogP contribution is 2.37. The number of fused-ring (bicyclic) bond motifs is 3. The number of halogens is 1. The van der Waals surface area contributed by atoms with Gasteiger partial charge in [-0.05, 0) is 23.8 Å². The Hall–Kier alpha value is -3.26. The normalized spacial score (nSPS) is 22.6. The van der Waals surface area contributed by atoms with E-state index in [0.29, 0.717) is 24.1 Å². The minimum Gasteiger partial charge on any atom is -0.495 e. The van der Waals surface area contributed by atoms with E-state index in [0.717, 1.165) is 17.0 Å². The van der Waals surface area contributed by atoms with Gasteiger partial charge in [0.1, 0.15) is 5.75 Å². The van der Waals surface area contributed by atoms with Gasteiger partial charge in [0.2, 0.25) is 5.96 Å². The van der Waals surface area contributed by atoms with E-state index in [4.69, 9.17) is 21.3 Å². The zero-order valence-corrected chi connectivity index (χ0v) is 18.0. The van der Waals surface area contributed by atoms with Crippen molar-refractivity contribution >= 4 is 35.2 Å². The lowest BCUT2D eigenvalue weighted by atomic mass is 10.1. The summed E-state index contributed by atoms with van der Waals surface area (Å²) >= 11 is 6.28. The van der Waals surface area contributed by atoms with E-state index in [2.05, 4.69) is 0 Å². The number of para-hydroxylation sites is 2. The number of carbonyl (C=O) groups excluding carboxylic acids is 2. The molecule has 0 saturated carbocycles. The smallest absolute Gasteiger partial charge is 0.328 e. The van der Waals surface area contributed by atoms with E-state index in [1.807, 2.05) is 52.3 Å². The van der Waals surface area contributed by atoms with Crippen molar-refractivity contribution in [3.05, 3.63) is 59.1 Å². The Morgan fingerprint density at radius 2 is 1.84 bits per heavy atom. The van der Waals surface area contributed by atoms with Crippen LogP contribution in [-0.4, -0.2) is 72.1 Å². The van der Waals surface area contributed by atoms with Crippen molar-refractivity contribution in [1.82, 2.24) is 14.7 Å². The zero-order valence-electron chi connectivity index (χ0n) is 17.2. The minimum absolute atomic E-state index is 0.129. The van der Waals surface area contributed by atoms with Gasteiger partial charge in [0.05, 0.1) is 19.3 Å². The molecule has 3 amide bonds. The number of guanidine groups is 1. The number of carbonyl (C=O) groups is 2. The molecule has 0 radical (unpaired) electrons. The SMILES string of the molecule is COc1ccccc1N1CCN2C1=NC1C2C(=O)N(Cc2ccccc2Cl)C(=O)N1C. The number of rotatable bonds is 4. The second-order valence-electron chi connectivity index (χ2n) is 7.71. The molecule has 0 spiro atoms. The van der Waals surface area contributed by atoms with Crippen LogP contribution < -0.4 is 9.64 Å². The van der Waals surface area contributed by atoms with E-state index >= 15 is 0 Å². The average Bonchev–Trinajstić information content (AvgIpc) is 3.36. The molecule has 8 nitrogen and oxygen atoms in total. The van der Waals surface area contributed by atoms with Gasteiger partial charge in [0, 0.05) is 25.2 Å². The molecule has 3 heterocycles. The maximum absolute atomic E-state index is 13.5. The van der Waals surface area contributed by atoms with Gasteiger partial charge in [-0.3, -0.25) is 9.69 Å². The van der Waals surface area contributed by atoms with Gasteiger partial charge in [0.25, 0.3) is 5.91 Å². The quantitative estimate of drug-likeness (QED) is 0.732. The van der Waals surface area contributed by atoms with Crippen molar-refractivity contribution in [2.45, 2.75) is 18.8 Å². The van der Waals surface area contributed by atoms with Crippen LogP contribution in [0.4, 0.5) is 10.5 Å². The monoisotopic (exact) mass is 439 g/mol. The molecule has 5 rings (SSSR count). The Morgan fingerprint density at radius 3 is 2.61 bits per heavy atom. The molecule has 3 aliphatic rings. The summed E-state index contributed by atoms with van der Waals surface area (Å²) in [6.07, 6.45) is -0.560. The van der Waals surface area contributed by atoms with Gasteiger partial charge in [-0.15, -0.1) is 0 Å². The first-order valence-corrected chi connectivity index (χ1v) is 10.5. The van der Waals surface area contributed by atoms with Crippen LogP contribution in [0.3, 0.4) is 0 Å². The summed E-state index contributed by atoms with van der Waals surface area (Å²) in [5.41, 5.74) is 1.62. The molecule has 2 unspecified atom stereocenters. The predicted octanol–water partition coefficient (Wildman–Crippen LogP) is 2.63. The number of amides is 3. The van der Waals surface area contributed by atoms with Crippen molar-refractivity contribution in [1.29, 1.82) is 0 Å². The maximum Gasteiger partial charge on any atom is 0.328 e. The fourth-order valence-corrected chi connectivity index (χ4v) is 4.66. The highest BCUT2D eigenvalue weighted by atomic mass is 35.5. The van der Waals surface area contributed by atoms with Crippen LogP contribution in [0, 0.1) is 0 Å². The van der Waals surface area contributed by atoms with E-state index in [1.165, 1.54) is 9.80 Å². The van der Waals surface area contributed by atoms with E-state index in [1.54, 1.807) is 20.2 Å². The van der Waals surface area contributed by atoms with Crippen LogP contribution in [0.25, 0.3) is 0 Å². The Bertz CT molecular complexity index is 1090. The van der Waals surface area contributed by atoms with Gasteiger partial charge < -0.3 is 19.4 Å². The lowest BCUT2D eigenvalue weighted by molar-refractivity contribution is -0.137. The number of aliphatic imine (C=N–C) groups is 1. The number of methoxy groups -OCH3 is 1. The molecule has 2 saturated heterocycles. The number of anilines is 1. The summed E-state index contributed by atoms with van der Waals surface area (Å²) in [6.45, 7) is 1.44. The molecule has 0 aliphatic carbocycles. The standard InChI is InChI=1S/C22H22ClN5O3/c1-25-19-18(20(29)28(22(25)30)13-14-7-3-4-8-15(14)23)27-12-11-26(21(27)24-19)16-9-5-6-10-17(16)31-2/h3-10,18-19H,11-13H2,1-2H3. The first-order valence-electron chi connectivity index (χ1n) is 10.1. The van der Waals surface area contributed by atoms with Gasteiger partial charge in [-0.2, -0.15) is 0 Å². The summed E-state index contributed by atoms with van der Waals surface area (Å²) < 4.78 is 5.51. The van der Waals surface area contributed by atoms with Crippen LogP contribution in [0.5, 0.6) is 5.75 Å². The first kappa shape index (κ1) is 19.7. The van der Waals surface area contributed by atoms with Gasteiger partial charge >= 0.3 is 6.03 Å². The fourth-order valence-electron chi connectivity index (χ4n) is 4.46. The number of imide groups is 1. The zero-order chi connectivity index (χ0) is 21.7. The Balaban J connectivity index is 1.46. The number of nitrogens with zero attached hydrogens (tertiary/aromatic N) is 5. The number of hydrogen-bond donors (Lipinski definition) is 0. The van der Waals surface area contributed by atoms with E-state index in [9.17, 15) is 9.59 Å². The second kappa shape index (κ2) is 7.46. The second-order valence-corrected chi connectivity index (χ2v) is 8.12. The molecule has 0 N–H and O–H groups in total. The number of urea groups is 1. The maximum atomic E-state index is 13.5. The van der Waals surface area contributed by atoms with Crippen LogP contribution in [-0.2, 0) is 11.3 Å². The summed E-state index contributed by atoms with van der Waals surface area (Å²) in [5.74, 6) is 1.17.